The summed E-state index contributed by atoms with van der Waals surface area (Å²) in [6.45, 7) is 4.10. The molecule has 2 saturated heterocycles. The second-order valence-corrected chi connectivity index (χ2v) is 8.87. The van der Waals surface area contributed by atoms with E-state index in [2.05, 4.69) is 16.6 Å². The SMILES string of the molecule is CN1CCC(Cc2nc(CCN3CCCC3=O)n(C3CCCCC3)n2)CC1. The molecule has 0 unspecified atom stereocenters. The van der Waals surface area contributed by atoms with Crippen molar-refractivity contribution in [1.29, 1.82) is 0 Å². The van der Waals surface area contributed by atoms with Gasteiger partial charge in [0, 0.05) is 32.4 Å². The highest BCUT2D eigenvalue weighted by molar-refractivity contribution is 5.78. The van der Waals surface area contributed by atoms with Crippen molar-refractivity contribution in [2.75, 3.05) is 33.2 Å². The summed E-state index contributed by atoms with van der Waals surface area (Å²) in [4.78, 5) is 21.4. The Morgan fingerprint density at radius 1 is 1.00 bits per heavy atom. The van der Waals surface area contributed by atoms with Gasteiger partial charge in [0.25, 0.3) is 0 Å². The summed E-state index contributed by atoms with van der Waals surface area (Å²) >= 11 is 0. The molecule has 1 amide bonds. The van der Waals surface area contributed by atoms with E-state index in [-0.39, 0.29) is 0 Å². The fraction of sp³-hybridized carbons (Fsp3) is 0.857. The van der Waals surface area contributed by atoms with Crippen LogP contribution in [0.5, 0.6) is 0 Å². The molecule has 6 nitrogen and oxygen atoms in total. The van der Waals surface area contributed by atoms with Crippen LogP contribution < -0.4 is 0 Å². The molecule has 150 valence electrons. The van der Waals surface area contributed by atoms with Crippen LogP contribution in [0, 0.1) is 5.92 Å². The third-order valence-corrected chi connectivity index (χ3v) is 6.75. The van der Waals surface area contributed by atoms with Crippen molar-refractivity contribution in [3.05, 3.63) is 11.6 Å². The van der Waals surface area contributed by atoms with Crippen molar-refractivity contribution in [2.24, 2.45) is 5.92 Å². The van der Waals surface area contributed by atoms with Gasteiger partial charge in [0.1, 0.15) is 5.82 Å². The molecule has 0 aromatic carbocycles. The van der Waals surface area contributed by atoms with Crippen molar-refractivity contribution in [2.45, 2.75) is 76.7 Å². The van der Waals surface area contributed by atoms with Crippen LogP contribution in [-0.2, 0) is 17.6 Å². The van der Waals surface area contributed by atoms with Crippen LogP contribution in [0.4, 0.5) is 0 Å². The maximum Gasteiger partial charge on any atom is 0.222 e. The number of hydrogen-bond donors (Lipinski definition) is 0. The second-order valence-electron chi connectivity index (χ2n) is 8.87. The lowest BCUT2D eigenvalue weighted by molar-refractivity contribution is -0.127. The van der Waals surface area contributed by atoms with Crippen LogP contribution in [0.3, 0.4) is 0 Å². The molecule has 0 atom stereocenters. The number of amides is 1. The molecule has 3 aliphatic rings. The Morgan fingerprint density at radius 3 is 2.48 bits per heavy atom. The lowest BCUT2D eigenvalue weighted by Gasteiger charge is -2.28. The van der Waals surface area contributed by atoms with Gasteiger partial charge in [-0.15, -0.1) is 0 Å². The molecule has 0 spiro atoms. The minimum atomic E-state index is 0.310. The van der Waals surface area contributed by atoms with Crippen LogP contribution in [-0.4, -0.2) is 63.7 Å². The van der Waals surface area contributed by atoms with E-state index in [0.29, 0.717) is 11.9 Å². The number of piperidine rings is 1. The highest BCUT2D eigenvalue weighted by Crippen LogP contribution is 2.29. The predicted molar refractivity (Wildman–Crippen MR) is 106 cm³/mol. The zero-order valence-electron chi connectivity index (χ0n) is 16.9. The summed E-state index contributed by atoms with van der Waals surface area (Å²) in [6.07, 6.45) is 12.5. The van der Waals surface area contributed by atoms with E-state index in [9.17, 15) is 4.79 Å². The Morgan fingerprint density at radius 2 is 1.78 bits per heavy atom. The Labute approximate surface area is 163 Å². The van der Waals surface area contributed by atoms with Crippen LogP contribution in [0.15, 0.2) is 0 Å². The standard InChI is InChI=1S/C21H35N5O/c1-24-13-9-17(10-14-24)16-19-22-20(11-15-25-12-5-8-21(25)27)26(23-19)18-6-3-2-4-7-18/h17-18H,2-16H2,1H3. The first-order valence-corrected chi connectivity index (χ1v) is 11.1. The molecule has 3 fully saturated rings. The summed E-state index contributed by atoms with van der Waals surface area (Å²) < 4.78 is 2.25. The molecule has 1 saturated carbocycles. The zero-order chi connectivity index (χ0) is 18.6. The summed E-state index contributed by atoms with van der Waals surface area (Å²) in [5.41, 5.74) is 0. The smallest absolute Gasteiger partial charge is 0.222 e. The number of carbonyl (C=O) groups excluding carboxylic acids is 1. The fourth-order valence-corrected chi connectivity index (χ4v) is 4.98. The normalized spacial score (nSPS) is 23.4. The molecule has 1 aromatic rings. The van der Waals surface area contributed by atoms with E-state index < -0.39 is 0 Å². The molecule has 27 heavy (non-hydrogen) atoms. The van der Waals surface area contributed by atoms with Gasteiger partial charge < -0.3 is 9.80 Å². The maximum absolute atomic E-state index is 12.0. The largest absolute Gasteiger partial charge is 0.342 e. The van der Waals surface area contributed by atoms with Gasteiger partial charge in [-0.1, -0.05) is 19.3 Å². The predicted octanol–water partition coefficient (Wildman–Crippen LogP) is 2.83. The van der Waals surface area contributed by atoms with Gasteiger partial charge >= 0.3 is 0 Å². The van der Waals surface area contributed by atoms with Crippen molar-refractivity contribution in [3.8, 4) is 0 Å². The quantitative estimate of drug-likeness (QED) is 0.769. The van der Waals surface area contributed by atoms with Crippen LogP contribution in [0.1, 0.15) is 75.5 Å². The van der Waals surface area contributed by atoms with Crippen LogP contribution in [0.25, 0.3) is 0 Å². The van der Waals surface area contributed by atoms with Crippen molar-refractivity contribution in [3.63, 3.8) is 0 Å². The fourth-order valence-electron chi connectivity index (χ4n) is 4.98. The average molecular weight is 374 g/mol. The lowest BCUT2D eigenvalue weighted by atomic mass is 9.94. The topological polar surface area (TPSA) is 54.3 Å². The maximum atomic E-state index is 12.0. The number of nitrogens with zero attached hydrogens (tertiary/aromatic N) is 5. The number of likely N-dealkylation sites (tertiary alicyclic amines) is 2. The first-order chi connectivity index (χ1) is 13.2. The van der Waals surface area contributed by atoms with E-state index in [1.165, 1.54) is 58.0 Å². The summed E-state index contributed by atoms with van der Waals surface area (Å²) in [5, 5.41) is 5.00. The molecular formula is C21H35N5O. The highest BCUT2D eigenvalue weighted by Gasteiger charge is 2.25. The van der Waals surface area contributed by atoms with E-state index in [4.69, 9.17) is 10.1 Å². The van der Waals surface area contributed by atoms with Gasteiger partial charge in [-0.2, -0.15) is 5.10 Å². The summed E-state index contributed by atoms with van der Waals surface area (Å²) in [6, 6.07) is 0.516. The highest BCUT2D eigenvalue weighted by atomic mass is 16.2. The van der Waals surface area contributed by atoms with Crippen molar-refractivity contribution in [1.82, 2.24) is 24.6 Å². The van der Waals surface area contributed by atoms with E-state index >= 15 is 0 Å². The Balaban J connectivity index is 1.45. The molecule has 4 rings (SSSR count). The molecule has 1 aromatic heterocycles. The van der Waals surface area contributed by atoms with Crippen LogP contribution in [0.2, 0.25) is 0 Å². The number of hydrogen-bond acceptors (Lipinski definition) is 4. The molecular weight excluding hydrogens is 338 g/mol. The minimum Gasteiger partial charge on any atom is -0.342 e. The Kier molecular flexibility index (Phi) is 6.11. The van der Waals surface area contributed by atoms with Gasteiger partial charge in [0.15, 0.2) is 5.82 Å². The van der Waals surface area contributed by atoms with E-state index in [1.54, 1.807) is 0 Å². The molecule has 1 aliphatic carbocycles. The molecule has 0 bridgehead atoms. The van der Waals surface area contributed by atoms with Gasteiger partial charge in [-0.3, -0.25) is 4.79 Å². The second kappa shape index (κ2) is 8.72. The van der Waals surface area contributed by atoms with Crippen molar-refractivity contribution >= 4 is 5.91 Å². The first-order valence-electron chi connectivity index (χ1n) is 11.1. The molecule has 6 heteroatoms. The van der Waals surface area contributed by atoms with E-state index in [1.807, 2.05) is 4.90 Å². The third kappa shape index (κ3) is 4.71. The van der Waals surface area contributed by atoms with E-state index in [0.717, 1.165) is 56.3 Å². The summed E-state index contributed by atoms with van der Waals surface area (Å²) in [5.74, 6) is 3.18. The molecule has 0 radical (unpaired) electrons. The zero-order valence-corrected chi connectivity index (χ0v) is 16.9. The molecule has 3 heterocycles. The summed E-state index contributed by atoms with van der Waals surface area (Å²) in [7, 11) is 2.21. The molecule has 2 aliphatic heterocycles. The van der Waals surface area contributed by atoms with Gasteiger partial charge in [0.05, 0.1) is 6.04 Å². The van der Waals surface area contributed by atoms with Gasteiger partial charge in [-0.25, -0.2) is 9.67 Å². The monoisotopic (exact) mass is 373 g/mol. The number of aromatic nitrogens is 3. The van der Waals surface area contributed by atoms with Gasteiger partial charge in [0.2, 0.25) is 5.91 Å². The third-order valence-electron chi connectivity index (χ3n) is 6.75. The number of carbonyl (C=O) groups is 1. The average Bonchev–Trinajstić information content (AvgIpc) is 3.28. The Hall–Kier alpha value is -1.43. The van der Waals surface area contributed by atoms with Crippen molar-refractivity contribution < 1.29 is 4.79 Å². The van der Waals surface area contributed by atoms with Gasteiger partial charge in [-0.05, 0) is 58.2 Å². The first kappa shape index (κ1) is 18.9. The minimum absolute atomic E-state index is 0.310. The van der Waals surface area contributed by atoms with Crippen LogP contribution >= 0.6 is 0 Å². The number of rotatable bonds is 6. The lowest BCUT2D eigenvalue weighted by Crippen LogP contribution is -2.31. The molecule has 0 N–H and O–H groups in total. The Bertz CT molecular complexity index is 629.